The summed E-state index contributed by atoms with van der Waals surface area (Å²) in [6.07, 6.45) is 0. The highest BCUT2D eigenvalue weighted by atomic mass is 35.5. The molecule has 0 aliphatic heterocycles. The van der Waals surface area contributed by atoms with Crippen molar-refractivity contribution in [2.45, 2.75) is 25.3 Å². The van der Waals surface area contributed by atoms with Gasteiger partial charge >= 0.3 is 0 Å². The Balaban J connectivity index is 2.92. The van der Waals surface area contributed by atoms with Gasteiger partial charge in [-0.05, 0) is 31.5 Å². The van der Waals surface area contributed by atoms with Gasteiger partial charge in [-0.3, -0.25) is 4.79 Å². The maximum absolute atomic E-state index is 12.2. The summed E-state index contributed by atoms with van der Waals surface area (Å²) in [5, 5.41) is 2.79. The van der Waals surface area contributed by atoms with E-state index in [0.29, 0.717) is 10.6 Å². The monoisotopic (exact) mass is 333 g/mol. The van der Waals surface area contributed by atoms with Gasteiger partial charge < -0.3 is 11.1 Å². The largest absolute Gasteiger partial charge is 0.359 e. The Kier molecular flexibility index (Phi) is 5.75. The first-order valence-corrected chi connectivity index (χ1v) is 8.20. The van der Waals surface area contributed by atoms with Crippen LogP contribution in [0.3, 0.4) is 0 Å². The molecule has 0 radical (unpaired) electrons. The zero-order chi connectivity index (χ0) is 16.3. The van der Waals surface area contributed by atoms with E-state index in [-0.39, 0.29) is 23.9 Å². The number of hydrogen-bond acceptors (Lipinski definition) is 4. The molecule has 21 heavy (non-hydrogen) atoms. The Labute approximate surface area is 130 Å². The van der Waals surface area contributed by atoms with E-state index in [2.05, 4.69) is 10.0 Å². The van der Waals surface area contributed by atoms with Crippen LogP contribution in [0.5, 0.6) is 0 Å². The van der Waals surface area contributed by atoms with E-state index in [1.165, 1.54) is 19.2 Å². The van der Waals surface area contributed by atoms with Gasteiger partial charge in [0, 0.05) is 25.2 Å². The predicted octanol–water partition coefficient (Wildman–Crippen LogP) is 0.849. The maximum atomic E-state index is 12.2. The fraction of sp³-hybridized carbons (Fsp3) is 0.462. The average Bonchev–Trinajstić information content (AvgIpc) is 2.44. The minimum atomic E-state index is -3.74. The lowest BCUT2D eigenvalue weighted by molar-refractivity contribution is -0.128. The fourth-order valence-corrected chi connectivity index (χ4v) is 3.20. The second kappa shape index (κ2) is 6.74. The molecule has 6 nitrogen and oxygen atoms in total. The molecule has 1 aromatic rings. The third-order valence-corrected chi connectivity index (χ3v) is 4.85. The fourth-order valence-electron chi connectivity index (χ4n) is 1.64. The summed E-state index contributed by atoms with van der Waals surface area (Å²) in [4.78, 5) is 11.7. The second-order valence-electron chi connectivity index (χ2n) is 5.24. The summed E-state index contributed by atoms with van der Waals surface area (Å²) >= 11 is 5.96. The van der Waals surface area contributed by atoms with Gasteiger partial charge in [0.15, 0.2) is 0 Å². The molecule has 0 aliphatic rings. The van der Waals surface area contributed by atoms with E-state index in [1.807, 2.05) is 0 Å². The molecular formula is C13H20ClN3O3S. The topological polar surface area (TPSA) is 101 Å². The van der Waals surface area contributed by atoms with E-state index in [1.54, 1.807) is 19.9 Å². The molecule has 0 saturated carbocycles. The standard InChI is InChI=1S/C13H20ClN3O3S/c1-13(2,12(18)16-3)8-17-21(19,20)10-5-4-9(7-15)11(14)6-10/h4-6,17H,7-8,15H2,1-3H3,(H,16,18). The Bertz CT molecular complexity index is 630. The number of hydrogen-bond donors (Lipinski definition) is 3. The summed E-state index contributed by atoms with van der Waals surface area (Å²) in [6, 6.07) is 4.35. The Morgan fingerprint density at radius 2 is 2.00 bits per heavy atom. The summed E-state index contributed by atoms with van der Waals surface area (Å²) in [5.74, 6) is -0.248. The van der Waals surface area contributed by atoms with E-state index < -0.39 is 15.4 Å². The number of carbonyl (C=O) groups excluding carboxylic acids is 1. The molecular weight excluding hydrogens is 314 g/mol. The number of nitrogens with two attached hydrogens (primary N) is 1. The molecule has 0 unspecified atom stereocenters. The third kappa shape index (κ3) is 4.41. The first kappa shape index (κ1) is 17.9. The lowest BCUT2D eigenvalue weighted by Gasteiger charge is -2.22. The number of halogens is 1. The van der Waals surface area contributed by atoms with E-state index in [9.17, 15) is 13.2 Å². The SMILES string of the molecule is CNC(=O)C(C)(C)CNS(=O)(=O)c1ccc(CN)c(Cl)c1. The van der Waals surface area contributed by atoms with Crippen LogP contribution >= 0.6 is 11.6 Å². The maximum Gasteiger partial charge on any atom is 0.240 e. The van der Waals surface area contributed by atoms with Crippen LogP contribution in [-0.2, 0) is 21.4 Å². The van der Waals surface area contributed by atoms with Gasteiger partial charge in [-0.2, -0.15) is 0 Å². The van der Waals surface area contributed by atoms with Crippen molar-refractivity contribution in [1.82, 2.24) is 10.0 Å². The van der Waals surface area contributed by atoms with Gasteiger partial charge in [0.2, 0.25) is 15.9 Å². The minimum Gasteiger partial charge on any atom is -0.359 e. The molecule has 118 valence electrons. The zero-order valence-corrected chi connectivity index (χ0v) is 13.8. The molecule has 0 aliphatic carbocycles. The zero-order valence-electron chi connectivity index (χ0n) is 12.2. The summed E-state index contributed by atoms with van der Waals surface area (Å²) in [6.45, 7) is 3.51. The number of carbonyl (C=O) groups is 1. The number of benzene rings is 1. The molecule has 0 fully saturated rings. The predicted molar refractivity (Wildman–Crippen MR) is 82.4 cm³/mol. The number of rotatable bonds is 6. The van der Waals surface area contributed by atoms with Crippen LogP contribution in [0.25, 0.3) is 0 Å². The molecule has 1 amide bonds. The lowest BCUT2D eigenvalue weighted by Crippen LogP contribution is -2.43. The van der Waals surface area contributed by atoms with Crippen LogP contribution < -0.4 is 15.8 Å². The minimum absolute atomic E-state index is 0.0226. The number of nitrogens with one attached hydrogen (secondary N) is 2. The van der Waals surface area contributed by atoms with Crippen LogP contribution in [0, 0.1) is 5.41 Å². The molecule has 1 aromatic carbocycles. The van der Waals surface area contributed by atoms with Gasteiger partial charge in [0.05, 0.1) is 10.3 Å². The molecule has 0 atom stereocenters. The summed E-state index contributed by atoms with van der Waals surface area (Å²) in [5.41, 5.74) is 5.29. The molecule has 1 rings (SSSR count). The van der Waals surface area contributed by atoms with Crippen LogP contribution in [0.4, 0.5) is 0 Å². The molecule has 8 heteroatoms. The Morgan fingerprint density at radius 1 is 1.38 bits per heavy atom. The Morgan fingerprint density at radius 3 is 2.48 bits per heavy atom. The van der Waals surface area contributed by atoms with Crippen molar-refractivity contribution in [2.75, 3.05) is 13.6 Å². The molecule has 0 heterocycles. The van der Waals surface area contributed by atoms with Gasteiger partial charge in [-0.15, -0.1) is 0 Å². The van der Waals surface area contributed by atoms with E-state index >= 15 is 0 Å². The molecule has 4 N–H and O–H groups in total. The Hall–Kier alpha value is -1.15. The lowest BCUT2D eigenvalue weighted by atomic mass is 9.93. The van der Waals surface area contributed by atoms with Gasteiger partial charge in [0.25, 0.3) is 0 Å². The first-order valence-electron chi connectivity index (χ1n) is 6.34. The van der Waals surface area contributed by atoms with Crippen molar-refractivity contribution < 1.29 is 13.2 Å². The van der Waals surface area contributed by atoms with Crippen molar-refractivity contribution in [3.05, 3.63) is 28.8 Å². The van der Waals surface area contributed by atoms with Crippen molar-refractivity contribution in [1.29, 1.82) is 0 Å². The van der Waals surface area contributed by atoms with E-state index in [4.69, 9.17) is 17.3 Å². The highest BCUT2D eigenvalue weighted by Crippen LogP contribution is 2.21. The van der Waals surface area contributed by atoms with Crippen molar-refractivity contribution in [2.24, 2.45) is 11.1 Å². The quantitative estimate of drug-likeness (QED) is 0.718. The molecule has 0 spiro atoms. The van der Waals surface area contributed by atoms with Gasteiger partial charge in [0.1, 0.15) is 0 Å². The average molecular weight is 334 g/mol. The van der Waals surface area contributed by atoms with E-state index in [0.717, 1.165) is 0 Å². The molecule has 0 saturated heterocycles. The van der Waals surface area contributed by atoms with Crippen LogP contribution in [0.1, 0.15) is 19.4 Å². The summed E-state index contributed by atoms with van der Waals surface area (Å²) < 4.78 is 26.8. The van der Waals surface area contributed by atoms with Crippen LogP contribution in [0.15, 0.2) is 23.1 Å². The van der Waals surface area contributed by atoms with Crippen LogP contribution in [-0.4, -0.2) is 27.9 Å². The first-order chi connectivity index (χ1) is 9.64. The molecule has 0 aromatic heterocycles. The van der Waals surface area contributed by atoms with Gasteiger partial charge in [-0.25, -0.2) is 13.1 Å². The van der Waals surface area contributed by atoms with Crippen molar-refractivity contribution in [3.8, 4) is 0 Å². The number of amides is 1. The third-order valence-electron chi connectivity index (χ3n) is 3.10. The van der Waals surface area contributed by atoms with Crippen molar-refractivity contribution in [3.63, 3.8) is 0 Å². The van der Waals surface area contributed by atoms with Crippen LogP contribution in [0.2, 0.25) is 5.02 Å². The molecule has 0 bridgehead atoms. The normalized spacial score (nSPS) is 12.2. The highest BCUT2D eigenvalue weighted by Gasteiger charge is 2.29. The van der Waals surface area contributed by atoms with Crippen molar-refractivity contribution >= 4 is 27.5 Å². The van der Waals surface area contributed by atoms with Gasteiger partial charge in [-0.1, -0.05) is 17.7 Å². The highest BCUT2D eigenvalue weighted by molar-refractivity contribution is 7.89. The second-order valence-corrected chi connectivity index (χ2v) is 7.42. The summed E-state index contributed by atoms with van der Waals surface area (Å²) in [7, 11) is -2.23. The smallest absolute Gasteiger partial charge is 0.240 e. The number of sulfonamides is 1.